The van der Waals surface area contributed by atoms with E-state index in [1.807, 2.05) is 0 Å². The molecule has 3 fully saturated rings. The molecule has 4 rings (SSSR count). The zero-order chi connectivity index (χ0) is 15.3. The first-order valence-electron chi connectivity index (χ1n) is 6.67. The Morgan fingerprint density at radius 3 is 2.33 bits per heavy atom. The third kappa shape index (κ3) is 2.97. The molecule has 1 N–H and O–H groups in total. The van der Waals surface area contributed by atoms with Gasteiger partial charge >= 0.3 is 12.8 Å². The van der Waals surface area contributed by atoms with Crippen LogP contribution in [-0.4, -0.2) is 12.2 Å². The zero-order valence-electron chi connectivity index (χ0n) is 11.0. The van der Waals surface area contributed by atoms with Crippen molar-refractivity contribution < 1.29 is 26.7 Å². The van der Waals surface area contributed by atoms with E-state index in [1.165, 1.54) is 6.07 Å². The van der Waals surface area contributed by atoms with Crippen molar-refractivity contribution in [3.8, 4) is 5.75 Å². The van der Waals surface area contributed by atoms with Gasteiger partial charge in [-0.05, 0) is 48.9 Å². The SMILES string of the molecule is FC(F)Oc1cc(CNC23CC(C2)C3)cc(C(F)(F)F)c1. The van der Waals surface area contributed by atoms with E-state index in [-0.39, 0.29) is 12.1 Å². The predicted molar refractivity (Wildman–Crippen MR) is 65.0 cm³/mol. The highest BCUT2D eigenvalue weighted by molar-refractivity contribution is 5.36. The molecule has 7 heteroatoms. The Bertz CT molecular complexity index is 526. The molecule has 0 amide bonds. The summed E-state index contributed by atoms with van der Waals surface area (Å²) in [6, 6.07) is 2.79. The van der Waals surface area contributed by atoms with Crippen molar-refractivity contribution in [2.45, 2.75) is 44.1 Å². The lowest BCUT2D eigenvalue weighted by molar-refractivity contribution is -0.138. The van der Waals surface area contributed by atoms with Crippen molar-refractivity contribution in [1.29, 1.82) is 0 Å². The van der Waals surface area contributed by atoms with E-state index >= 15 is 0 Å². The maximum Gasteiger partial charge on any atom is 0.416 e. The number of hydrogen-bond donors (Lipinski definition) is 1. The van der Waals surface area contributed by atoms with E-state index in [1.54, 1.807) is 0 Å². The molecule has 0 unspecified atom stereocenters. The molecule has 21 heavy (non-hydrogen) atoms. The molecule has 3 saturated carbocycles. The van der Waals surface area contributed by atoms with Crippen LogP contribution in [0.1, 0.15) is 30.4 Å². The standard InChI is InChI=1S/C14H14F5NO/c15-12(16)21-11-2-8(1-10(3-11)14(17,18)19)7-20-13-4-9(5-13)6-13/h1-3,9,12,20H,4-7H2. The Kier molecular flexibility index (Phi) is 3.35. The molecule has 116 valence electrons. The van der Waals surface area contributed by atoms with Gasteiger partial charge in [0, 0.05) is 12.1 Å². The van der Waals surface area contributed by atoms with E-state index < -0.39 is 24.1 Å². The summed E-state index contributed by atoms with van der Waals surface area (Å²) in [5.74, 6) is 0.283. The van der Waals surface area contributed by atoms with Crippen molar-refractivity contribution in [1.82, 2.24) is 5.32 Å². The summed E-state index contributed by atoms with van der Waals surface area (Å²) in [5.41, 5.74) is -0.622. The second-order valence-electron chi connectivity index (χ2n) is 5.85. The van der Waals surface area contributed by atoms with E-state index in [4.69, 9.17) is 0 Å². The molecule has 0 saturated heterocycles. The normalized spacial score (nSPS) is 27.2. The second-order valence-corrected chi connectivity index (χ2v) is 5.85. The monoisotopic (exact) mass is 307 g/mol. The Morgan fingerprint density at radius 1 is 1.19 bits per heavy atom. The molecule has 0 heterocycles. The van der Waals surface area contributed by atoms with Crippen molar-refractivity contribution in [2.24, 2.45) is 5.92 Å². The Balaban J connectivity index is 1.76. The number of rotatable bonds is 5. The first-order chi connectivity index (χ1) is 9.76. The summed E-state index contributed by atoms with van der Waals surface area (Å²) >= 11 is 0. The fourth-order valence-corrected chi connectivity index (χ4v) is 3.08. The quantitative estimate of drug-likeness (QED) is 0.832. The van der Waals surface area contributed by atoms with Crippen LogP contribution in [0.5, 0.6) is 5.75 Å². The number of benzene rings is 1. The number of alkyl halides is 5. The van der Waals surface area contributed by atoms with E-state index in [9.17, 15) is 22.0 Å². The fraction of sp³-hybridized carbons (Fsp3) is 0.571. The molecule has 0 radical (unpaired) electrons. The third-order valence-corrected chi connectivity index (χ3v) is 4.22. The van der Waals surface area contributed by atoms with Gasteiger partial charge in [0.05, 0.1) is 5.56 Å². The van der Waals surface area contributed by atoms with Crippen LogP contribution in [0.15, 0.2) is 18.2 Å². The molecule has 1 aromatic rings. The minimum absolute atomic E-state index is 0.0582. The largest absolute Gasteiger partial charge is 0.435 e. The second kappa shape index (κ2) is 4.83. The molecule has 0 spiro atoms. The smallest absolute Gasteiger partial charge is 0.416 e. The first kappa shape index (κ1) is 14.6. The Labute approximate surface area is 118 Å². The van der Waals surface area contributed by atoms with Crippen LogP contribution in [-0.2, 0) is 12.7 Å². The van der Waals surface area contributed by atoms with Gasteiger partial charge in [-0.1, -0.05) is 0 Å². The third-order valence-electron chi connectivity index (χ3n) is 4.22. The molecular weight excluding hydrogens is 293 g/mol. The summed E-state index contributed by atoms with van der Waals surface area (Å²) < 4.78 is 66.9. The zero-order valence-corrected chi connectivity index (χ0v) is 11.0. The number of hydrogen-bond acceptors (Lipinski definition) is 2. The molecule has 3 aliphatic carbocycles. The van der Waals surface area contributed by atoms with Crippen molar-refractivity contribution >= 4 is 0 Å². The van der Waals surface area contributed by atoms with Crippen molar-refractivity contribution in [3.63, 3.8) is 0 Å². The Morgan fingerprint density at radius 2 is 1.86 bits per heavy atom. The highest BCUT2D eigenvalue weighted by atomic mass is 19.4. The average Bonchev–Trinajstić information content (AvgIpc) is 2.22. The summed E-state index contributed by atoms with van der Waals surface area (Å²) in [6.07, 6.45) is -1.45. The van der Waals surface area contributed by atoms with Crippen LogP contribution in [0, 0.1) is 5.92 Å². The minimum Gasteiger partial charge on any atom is -0.435 e. The minimum atomic E-state index is -4.59. The molecule has 0 aromatic heterocycles. The van der Waals surface area contributed by atoms with Gasteiger partial charge in [-0.25, -0.2) is 0 Å². The van der Waals surface area contributed by atoms with Crippen LogP contribution in [0.2, 0.25) is 0 Å². The van der Waals surface area contributed by atoms with Gasteiger partial charge in [-0.15, -0.1) is 0 Å². The maximum atomic E-state index is 12.8. The molecule has 0 atom stereocenters. The predicted octanol–water partition coefficient (Wildman–Crippen LogP) is 3.95. The van der Waals surface area contributed by atoms with Gasteiger partial charge in [-0.2, -0.15) is 22.0 Å². The molecule has 3 aliphatic rings. The molecule has 1 aromatic carbocycles. The van der Waals surface area contributed by atoms with Gasteiger partial charge in [0.15, 0.2) is 0 Å². The van der Waals surface area contributed by atoms with Gasteiger partial charge in [0.1, 0.15) is 5.75 Å². The highest BCUT2D eigenvalue weighted by Gasteiger charge is 2.55. The van der Waals surface area contributed by atoms with Crippen molar-refractivity contribution in [3.05, 3.63) is 29.3 Å². The lowest BCUT2D eigenvalue weighted by atomic mass is 9.50. The van der Waals surface area contributed by atoms with Crippen LogP contribution in [0.25, 0.3) is 0 Å². The maximum absolute atomic E-state index is 12.8. The summed E-state index contributed by atoms with van der Waals surface area (Å²) in [6.45, 7) is -2.93. The van der Waals surface area contributed by atoms with Gasteiger partial charge < -0.3 is 10.1 Å². The number of nitrogens with one attached hydrogen (secondary N) is 1. The first-order valence-corrected chi connectivity index (χ1v) is 6.67. The van der Waals surface area contributed by atoms with Crippen LogP contribution in [0.3, 0.4) is 0 Å². The highest BCUT2D eigenvalue weighted by Crippen LogP contribution is 2.57. The van der Waals surface area contributed by atoms with Crippen LogP contribution in [0.4, 0.5) is 22.0 Å². The molecule has 2 bridgehead atoms. The summed E-state index contributed by atoms with van der Waals surface area (Å²) in [5, 5.41) is 3.23. The van der Waals surface area contributed by atoms with E-state index in [0.717, 1.165) is 31.2 Å². The van der Waals surface area contributed by atoms with E-state index in [2.05, 4.69) is 10.1 Å². The van der Waals surface area contributed by atoms with Gasteiger partial charge in [0.25, 0.3) is 0 Å². The number of ether oxygens (including phenoxy) is 1. The summed E-state index contributed by atoms with van der Waals surface area (Å²) in [4.78, 5) is 0. The fourth-order valence-electron chi connectivity index (χ4n) is 3.08. The lowest BCUT2D eigenvalue weighted by Crippen LogP contribution is -2.66. The van der Waals surface area contributed by atoms with Gasteiger partial charge in [-0.3, -0.25) is 0 Å². The number of halogens is 5. The van der Waals surface area contributed by atoms with Gasteiger partial charge in [0.2, 0.25) is 0 Å². The lowest BCUT2D eigenvalue weighted by Gasteiger charge is -2.62. The van der Waals surface area contributed by atoms with E-state index in [0.29, 0.717) is 11.6 Å². The average molecular weight is 307 g/mol. The molecular formula is C14H14F5NO. The van der Waals surface area contributed by atoms with Crippen molar-refractivity contribution in [2.75, 3.05) is 0 Å². The van der Waals surface area contributed by atoms with Crippen LogP contribution < -0.4 is 10.1 Å². The Hall–Kier alpha value is -1.37. The molecule has 2 nitrogen and oxygen atoms in total. The topological polar surface area (TPSA) is 21.3 Å². The molecule has 0 aliphatic heterocycles. The van der Waals surface area contributed by atoms with Crippen LogP contribution >= 0.6 is 0 Å². The summed E-state index contributed by atoms with van der Waals surface area (Å²) in [7, 11) is 0.